The quantitative estimate of drug-likeness (QED) is 0.238. The van der Waals surface area contributed by atoms with Gasteiger partial charge in [0.05, 0.1) is 22.0 Å². The van der Waals surface area contributed by atoms with E-state index in [0.717, 1.165) is 0 Å². The molecule has 19 heavy (non-hydrogen) atoms. The number of aliphatic hydroxyl groups is 1. The molecule has 0 aliphatic heterocycles. The van der Waals surface area contributed by atoms with E-state index < -0.39 is 27.5 Å². The standard InChI is InChI=1S/C10H22N2O5S.Na/c1-8(13)6-11-5-4-9(14)12-10(2,3)7-18(15,16)17;/h8,11,13H,4-7H2,1-3H3,(H,12,14)(H,15,16,17);/q;+1/p-1. The van der Waals surface area contributed by atoms with Gasteiger partial charge in [-0.25, -0.2) is 8.42 Å². The zero-order valence-corrected chi connectivity index (χ0v) is 14.7. The molecule has 9 heteroatoms. The summed E-state index contributed by atoms with van der Waals surface area (Å²) in [5.41, 5.74) is -1.08. The Morgan fingerprint density at radius 3 is 2.37 bits per heavy atom. The van der Waals surface area contributed by atoms with Crippen molar-refractivity contribution in [2.75, 3.05) is 18.8 Å². The maximum atomic E-state index is 11.5. The summed E-state index contributed by atoms with van der Waals surface area (Å²) in [6, 6.07) is 0. The van der Waals surface area contributed by atoms with E-state index in [1.165, 1.54) is 13.8 Å². The molecule has 0 saturated heterocycles. The molecule has 0 aromatic heterocycles. The van der Waals surface area contributed by atoms with E-state index in [4.69, 9.17) is 5.11 Å². The smallest absolute Gasteiger partial charge is 0.748 e. The molecule has 1 amide bonds. The van der Waals surface area contributed by atoms with Crippen LogP contribution >= 0.6 is 0 Å². The fourth-order valence-corrected chi connectivity index (χ4v) is 2.39. The van der Waals surface area contributed by atoms with Gasteiger partial charge in [0.25, 0.3) is 0 Å². The Morgan fingerprint density at radius 2 is 1.95 bits per heavy atom. The molecule has 1 atom stereocenters. The molecule has 0 radical (unpaired) electrons. The molecule has 3 N–H and O–H groups in total. The van der Waals surface area contributed by atoms with Gasteiger partial charge in [-0.3, -0.25) is 4.79 Å². The topological polar surface area (TPSA) is 119 Å². The van der Waals surface area contributed by atoms with Gasteiger partial charge in [-0.05, 0) is 20.8 Å². The summed E-state index contributed by atoms with van der Waals surface area (Å²) in [7, 11) is -4.38. The monoisotopic (exact) mass is 304 g/mol. The molecule has 0 bridgehead atoms. The summed E-state index contributed by atoms with van der Waals surface area (Å²) in [5, 5.41) is 14.3. The van der Waals surface area contributed by atoms with Crippen LogP contribution in [0.25, 0.3) is 0 Å². The second-order valence-electron chi connectivity index (χ2n) is 4.94. The van der Waals surface area contributed by atoms with Crippen LogP contribution in [-0.4, -0.2) is 54.5 Å². The molecule has 1 unspecified atom stereocenters. The molecular weight excluding hydrogens is 283 g/mol. The molecule has 108 valence electrons. The van der Waals surface area contributed by atoms with Crippen LogP contribution in [0.2, 0.25) is 0 Å². The second kappa shape index (κ2) is 9.28. The summed E-state index contributed by atoms with van der Waals surface area (Å²) >= 11 is 0. The Bertz CT molecular complexity index is 370. The van der Waals surface area contributed by atoms with Crippen molar-refractivity contribution in [2.24, 2.45) is 0 Å². The Kier molecular flexibility index (Phi) is 10.5. The first kappa shape index (κ1) is 21.6. The van der Waals surface area contributed by atoms with E-state index in [1.807, 2.05) is 0 Å². The third kappa shape index (κ3) is 14.5. The maximum absolute atomic E-state index is 11.5. The fourth-order valence-electron chi connectivity index (χ4n) is 1.43. The van der Waals surface area contributed by atoms with E-state index in [0.29, 0.717) is 13.1 Å². The first-order chi connectivity index (χ1) is 8.02. The Balaban J connectivity index is 0. The van der Waals surface area contributed by atoms with Crippen molar-refractivity contribution in [3.63, 3.8) is 0 Å². The van der Waals surface area contributed by atoms with Crippen LogP contribution in [0, 0.1) is 0 Å². The summed E-state index contributed by atoms with van der Waals surface area (Å²) in [4.78, 5) is 11.5. The van der Waals surface area contributed by atoms with E-state index in [9.17, 15) is 17.8 Å². The number of hydrogen-bond donors (Lipinski definition) is 3. The number of aliphatic hydroxyl groups excluding tert-OH is 1. The van der Waals surface area contributed by atoms with Crippen molar-refractivity contribution < 1.29 is 52.4 Å². The average Bonchev–Trinajstić information content (AvgIpc) is 2.06. The van der Waals surface area contributed by atoms with Gasteiger partial charge in [0, 0.05) is 25.0 Å². The molecule has 0 heterocycles. The van der Waals surface area contributed by atoms with Crippen molar-refractivity contribution in [1.29, 1.82) is 0 Å². The van der Waals surface area contributed by atoms with Gasteiger partial charge in [0.15, 0.2) is 0 Å². The fraction of sp³-hybridized carbons (Fsp3) is 0.900. The van der Waals surface area contributed by atoms with Gasteiger partial charge < -0.3 is 20.3 Å². The van der Waals surface area contributed by atoms with E-state index in [1.54, 1.807) is 6.92 Å². The van der Waals surface area contributed by atoms with Gasteiger partial charge in [-0.15, -0.1) is 0 Å². The minimum Gasteiger partial charge on any atom is -0.748 e. The normalized spacial score (nSPS) is 13.5. The number of carbonyl (C=O) groups is 1. The molecular formula is C10H21N2NaO5S. The number of amides is 1. The Hall–Kier alpha value is 0.300. The van der Waals surface area contributed by atoms with E-state index >= 15 is 0 Å². The number of hydrogen-bond acceptors (Lipinski definition) is 6. The zero-order valence-electron chi connectivity index (χ0n) is 11.9. The van der Waals surface area contributed by atoms with Crippen molar-refractivity contribution in [3.8, 4) is 0 Å². The minimum atomic E-state index is -4.38. The van der Waals surface area contributed by atoms with Gasteiger partial charge in [0.2, 0.25) is 5.91 Å². The van der Waals surface area contributed by atoms with Crippen LogP contribution in [0.3, 0.4) is 0 Å². The number of nitrogens with one attached hydrogen (secondary N) is 2. The van der Waals surface area contributed by atoms with Crippen LogP contribution in [0.5, 0.6) is 0 Å². The third-order valence-corrected chi connectivity index (χ3v) is 3.06. The summed E-state index contributed by atoms with van der Waals surface area (Å²) in [6.45, 7) is 5.32. The molecule has 0 aliphatic rings. The van der Waals surface area contributed by atoms with Crippen LogP contribution in [0.4, 0.5) is 0 Å². The zero-order chi connectivity index (χ0) is 14.4. The van der Waals surface area contributed by atoms with E-state index in [2.05, 4.69) is 10.6 Å². The Morgan fingerprint density at radius 1 is 1.42 bits per heavy atom. The number of carbonyl (C=O) groups excluding carboxylic acids is 1. The third-order valence-electron chi connectivity index (χ3n) is 1.98. The predicted octanol–water partition coefficient (Wildman–Crippen LogP) is -4.21. The van der Waals surface area contributed by atoms with Crippen LogP contribution in [0.15, 0.2) is 0 Å². The van der Waals surface area contributed by atoms with Crippen LogP contribution in [-0.2, 0) is 14.9 Å². The molecule has 0 fully saturated rings. The first-order valence-electron chi connectivity index (χ1n) is 5.65. The molecule has 0 aromatic rings. The predicted molar refractivity (Wildman–Crippen MR) is 66.0 cm³/mol. The summed E-state index contributed by atoms with van der Waals surface area (Å²) in [6.07, 6.45) is -0.343. The van der Waals surface area contributed by atoms with Gasteiger partial charge >= 0.3 is 29.6 Å². The molecule has 0 saturated carbocycles. The van der Waals surface area contributed by atoms with Crippen LogP contribution in [0.1, 0.15) is 27.2 Å². The van der Waals surface area contributed by atoms with Gasteiger partial charge in [0.1, 0.15) is 0 Å². The summed E-state index contributed by atoms with van der Waals surface area (Å²) in [5.74, 6) is -0.992. The molecule has 7 nitrogen and oxygen atoms in total. The van der Waals surface area contributed by atoms with Gasteiger partial charge in [-0.2, -0.15) is 0 Å². The average molecular weight is 304 g/mol. The Labute approximate surface area is 136 Å². The van der Waals surface area contributed by atoms with E-state index in [-0.39, 0.29) is 41.9 Å². The molecule has 0 aliphatic carbocycles. The summed E-state index contributed by atoms with van der Waals surface area (Å²) < 4.78 is 31.9. The first-order valence-corrected chi connectivity index (χ1v) is 7.23. The largest absolute Gasteiger partial charge is 1.00 e. The minimum absolute atomic E-state index is 0. The van der Waals surface area contributed by atoms with Gasteiger partial charge in [-0.1, -0.05) is 0 Å². The SMILES string of the molecule is CC(O)CNCCC(=O)NC(C)(C)CS(=O)(=O)[O-].[Na+]. The van der Waals surface area contributed by atoms with Crippen molar-refractivity contribution in [3.05, 3.63) is 0 Å². The number of rotatable bonds is 8. The molecule has 0 rings (SSSR count). The molecule has 0 aromatic carbocycles. The maximum Gasteiger partial charge on any atom is 1.00 e. The van der Waals surface area contributed by atoms with Crippen molar-refractivity contribution in [1.82, 2.24) is 10.6 Å². The van der Waals surface area contributed by atoms with Crippen LogP contribution < -0.4 is 40.2 Å². The molecule has 0 spiro atoms. The van der Waals surface area contributed by atoms with Crippen molar-refractivity contribution in [2.45, 2.75) is 38.8 Å². The van der Waals surface area contributed by atoms with Crippen molar-refractivity contribution >= 4 is 16.0 Å². The second-order valence-corrected chi connectivity index (χ2v) is 6.34.